The van der Waals surface area contributed by atoms with Crippen LogP contribution in [0, 0.1) is 5.82 Å². The summed E-state index contributed by atoms with van der Waals surface area (Å²) < 4.78 is 15.0. The SMILES string of the molecule is CSc1cc(Br)ccc1C(=O)NC(Cc1c[nH]c2cccc(F)c12)C(=O)O. The van der Waals surface area contributed by atoms with Crippen molar-refractivity contribution in [3.8, 4) is 0 Å². The van der Waals surface area contributed by atoms with Gasteiger partial charge in [-0.1, -0.05) is 22.0 Å². The topological polar surface area (TPSA) is 82.2 Å². The maximum atomic E-state index is 14.1. The average molecular weight is 451 g/mol. The molecule has 0 saturated carbocycles. The van der Waals surface area contributed by atoms with E-state index in [1.54, 1.807) is 36.5 Å². The molecule has 1 heterocycles. The summed E-state index contributed by atoms with van der Waals surface area (Å²) in [5.74, 6) is -2.10. The number of hydrogen-bond donors (Lipinski definition) is 3. The number of thioether (sulfide) groups is 1. The second-order valence-electron chi connectivity index (χ2n) is 5.89. The normalized spacial score (nSPS) is 12.1. The minimum atomic E-state index is -1.19. The fourth-order valence-electron chi connectivity index (χ4n) is 2.88. The summed E-state index contributed by atoms with van der Waals surface area (Å²) in [7, 11) is 0. The van der Waals surface area contributed by atoms with Gasteiger partial charge in [0.1, 0.15) is 11.9 Å². The zero-order valence-electron chi connectivity index (χ0n) is 14.3. The lowest BCUT2D eigenvalue weighted by atomic mass is 10.0. The quantitative estimate of drug-likeness (QED) is 0.491. The fourth-order valence-corrected chi connectivity index (χ4v) is 4.02. The Morgan fingerprint density at radius 2 is 2.11 bits per heavy atom. The molecule has 0 aliphatic rings. The Morgan fingerprint density at radius 3 is 2.81 bits per heavy atom. The van der Waals surface area contributed by atoms with E-state index in [0.29, 0.717) is 22.0 Å². The smallest absolute Gasteiger partial charge is 0.326 e. The number of nitrogens with one attached hydrogen (secondary N) is 2. The lowest BCUT2D eigenvalue weighted by molar-refractivity contribution is -0.139. The number of aromatic amines is 1. The molecule has 8 heteroatoms. The minimum Gasteiger partial charge on any atom is -0.480 e. The van der Waals surface area contributed by atoms with Gasteiger partial charge < -0.3 is 15.4 Å². The van der Waals surface area contributed by atoms with Crippen LogP contribution in [0.1, 0.15) is 15.9 Å². The molecule has 5 nitrogen and oxygen atoms in total. The molecular weight excluding hydrogens is 435 g/mol. The van der Waals surface area contributed by atoms with E-state index >= 15 is 0 Å². The average Bonchev–Trinajstić information content (AvgIpc) is 3.05. The van der Waals surface area contributed by atoms with Crippen molar-refractivity contribution < 1.29 is 19.1 Å². The molecule has 3 N–H and O–H groups in total. The number of aliphatic carboxylic acids is 1. The summed E-state index contributed by atoms with van der Waals surface area (Å²) in [6.07, 6.45) is 3.37. The van der Waals surface area contributed by atoms with Gasteiger partial charge in [0.2, 0.25) is 0 Å². The minimum absolute atomic E-state index is 0.0346. The highest BCUT2D eigenvalue weighted by Gasteiger charge is 2.24. The molecule has 0 aliphatic heterocycles. The molecule has 2 aromatic carbocycles. The molecule has 3 aromatic rings. The molecule has 0 aliphatic carbocycles. The van der Waals surface area contributed by atoms with Crippen LogP contribution < -0.4 is 5.32 Å². The predicted octanol–water partition coefficient (Wildman–Crippen LogP) is 4.22. The van der Waals surface area contributed by atoms with Gasteiger partial charge in [0.25, 0.3) is 5.91 Å². The van der Waals surface area contributed by atoms with Crippen LogP contribution in [-0.2, 0) is 11.2 Å². The Hall–Kier alpha value is -2.32. The molecule has 140 valence electrons. The molecule has 1 atom stereocenters. The van der Waals surface area contributed by atoms with E-state index in [0.717, 1.165) is 9.37 Å². The van der Waals surface area contributed by atoms with Gasteiger partial charge in [-0.3, -0.25) is 4.79 Å². The number of carbonyl (C=O) groups is 2. The summed E-state index contributed by atoms with van der Waals surface area (Å²) in [4.78, 5) is 28.0. The molecule has 0 fully saturated rings. The number of aromatic nitrogens is 1. The van der Waals surface area contributed by atoms with Gasteiger partial charge in [-0.25, -0.2) is 9.18 Å². The van der Waals surface area contributed by atoms with Crippen LogP contribution in [-0.4, -0.2) is 34.3 Å². The first-order chi connectivity index (χ1) is 12.9. The van der Waals surface area contributed by atoms with Gasteiger partial charge in [-0.2, -0.15) is 0 Å². The van der Waals surface area contributed by atoms with E-state index in [1.165, 1.54) is 17.8 Å². The van der Waals surface area contributed by atoms with Crippen molar-refractivity contribution in [1.82, 2.24) is 10.3 Å². The van der Waals surface area contributed by atoms with E-state index in [9.17, 15) is 19.1 Å². The van der Waals surface area contributed by atoms with Crippen LogP contribution in [0.3, 0.4) is 0 Å². The van der Waals surface area contributed by atoms with Gasteiger partial charge in [0.05, 0.1) is 5.56 Å². The number of carboxylic acids is 1. The first-order valence-corrected chi connectivity index (χ1v) is 10.0. The summed E-state index contributed by atoms with van der Waals surface area (Å²) in [5, 5.41) is 12.4. The van der Waals surface area contributed by atoms with Gasteiger partial charge in [0, 0.05) is 32.9 Å². The van der Waals surface area contributed by atoms with Gasteiger partial charge in [-0.05, 0) is 42.2 Å². The van der Waals surface area contributed by atoms with Crippen LogP contribution in [0.25, 0.3) is 10.9 Å². The van der Waals surface area contributed by atoms with E-state index in [1.807, 2.05) is 6.26 Å². The summed E-state index contributed by atoms with van der Waals surface area (Å²) >= 11 is 4.74. The summed E-state index contributed by atoms with van der Waals surface area (Å²) in [5.41, 5.74) is 1.47. The highest BCUT2D eigenvalue weighted by Crippen LogP contribution is 2.26. The van der Waals surface area contributed by atoms with Crippen molar-refractivity contribution in [2.24, 2.45) is 0 Å². The number of H-pyrrole nitrogens is 1. The van der Waals surface area contributed by atoms with Gasteiger partial charge >= 0.3 is 5.97 Å². The van der Waals surface area contributed by atoms with Crippen molar-refractivity contribution in [2.75, 3.05) is 6.26 Å². The Kier molecular flexibility index (Phi) is 5.86. The van der Waals surface area contributed by atoms with Crippen LogP contribution >= 0.6 is 27.7 Å². The number of carboxylic acid groups (broad SMARTS) is 1. The largest absolute Gasteiger partial charge is 0.480 e. The second-order valence-corrected chi connectivity index (χ2v) is 7.65. The molecular formula is C19H16BrFN2O3S. The second kappa shape index (κ2) is 8.14. The maximum absolute atomic E-state index is 14.1. The fraction of sp³-hybridized carbons (Fsp3) is 0.158. The molecule has 0 saturated heterocycles. The highest BCUT2D eigenvalue weighted by atomic mass is 79.9. The Bertz CT molecular complexity index is 1020. The lowest BCUT2D eigenvalue weighted by Gasteiger charge is -2.16. The molecule has 27 heavy (non-hydrogen) atoms. The van der Waals surface area contributed by atoms with Crippen molar-refractivity contribution in [3.63, 3.8) is 0 Å². The van der Waals surface area contributed by atoms with Crippen molar-refractivity contribution in [3.05, 3.63) is 64.0 Å². The molecule has 0 spiro atoms. The lowest BCUT2D eigenvalue weighted by Crippen LogP contribution is -2.42. The first-order valence-electron chi connectivity index (χ1n) is 8.02. The third kappa shape index (κ3) is 4.17. The first kappa shape index (κ1) is 19.4. The molecule has 1 aromatic heterocycles. The number of rotatable bonds is 6. The van der Waals surface area contributed by atoms with Crippen LogP contribution in [0.5, 0.6) is 0 Å². The summed E-state index contributed by atoms with van der Waals surface area (Å²) in [6.45, 7) is 0. The third-order valence-corrected chi connectivity index (χ3v) is 5.44. The Balaban J connectivity index is 1.86. The molecule has 1 unspecified atom stereocenters. The number of halogens is 2. The summed E-state index contributed by atoms with van der Waals surface area (Å²) in [6, 6.07) is 8.57. The standard InChI is InChI=1S/C19H16BrFN2O3S/c1-27-16-8-11(20)5-6-12(16)18(24)23-15(19(25)26)7-10-9-22-14-4-2-3-13(21)17(10)14/h2-6,8-9,15,22H,7H2,1H3,(H,23,24)(H,25,26). The van der Waals surface area contributed by atoms with Crippen LogP contribution in [0.2, 0.25) is 0 Å². The van der Waals surface area contributed by atoms with E-state index in [-0.39, 0.29) is 6.42 Å². The molecule has 0 radical (unpaired) electrons. The van der Waals surface area contributed by atoms with Crippen LogP contribution in [0.15, 0.2) is 52.0 Å². The number of amides is 1. The number of carbonyl (C=O) groups excluding carboxylic acids is 1. The number of fused-ring (bicyclic) bond motifs is 1. The predicted molar refractivity (Wildman–Crippen MR) is 107 cm³/mol. The van der Waals surface area contributed by atoms with Gasteiger partial charge in [0.15, 0.2) is 0 Å². The molecule has 3 rings (SSSR count). The molecule has 1 amide bonds. The number of hydrogen-bond acceptors (Lipinski definition) is 3. The van der Waals surface area contributed by atoms with E-state index in [4.69, 9.17) is 0 Å². The zero-order chi connectivity index (χ0) is 19.6. The highest BCUT2D eigenvalue weighted by molar-refractivity contribution is 9.10. The van der Waals surface area contributed by atoms with Crippen molar-refractivity contribution in [1.29, 1.82) is 0 Å². The maximum Gasteiger partial charge on any atom is 0.326 e. The van der Waals surface area contributed by atoms with Crippen molar-refractivity contribution in [2.45, 2.75) is 17.4 Å². The zero-order valence-corrected chi connectivity index (χ0v) is 16.7. The van der Waals surface area contributed by atoms with Gasteiger partial charge in [-0.15, -0.1) is 11.8 Å². The van der Waals surface area contributed by atoms with E-state index < -0.39 is 23.7 Å². The third-order valence-electron chi connectivity index (χ3n) is 4.17. The van der Waals surface area contributed by atoms with E-state index in [2.05, 4.69) is 26.2 Å². The monoisotopic (exact) mass is 450 g/mol. The Labute approximate surface area is 167 Å². The number of benzene rings is 2. The van der Waals surface area contributed by atoms with Crippen molar-refractivity contribution >= 4 is 50.5 Å². The van der Waals surface area contributed by atoms with Crippen LogP contribution in [0.4, 0.5) is 4.39 Å². The Morgan fingerprint density at radius 1 is 1.33 bits per heavy atom. The molecule has 0 bridgehead atoms.